The van der Waals surface area contributed by atoms with Crippen LogP contribution in [0.15, 0.2) is 40.5 Å². The molecule has 3 aromatic rings. The van der Waals surface area contributed by atoms with Crippen molar-refractivity contribution in [3.8, 4) is 17.2 Å². The summed E-state index contributed by atoms with van der Waals surface area (Å²) in [5.74, 6) is 1.29. The summed E-state index contributed by atoms with van der Waals surface area (Å²) in [5.41, 5.74) is 1.90. The molecule has 114 valence electrons. The molecule has 0 unspecified atom stereocenters. The molecule has 0 N–H and O–H groups in total. The Morgan fingerprint density at radius 3 is 2.55 bits per heavy atom. The zero-order chi connectivity index (χ0) is 15.6. The summed E-state index contributed by atoms with van der Waals surface area (Å²) in [6, 6.07) is 7.56. The van der Waals surface area contributed by atoms with Crippen molar-refractivity contribution in [1.82, 2.24) is 15.2 Å². The minimum Gasteiger partial charge on any atom is -0.487 e. The molecular formula is C16H17N3O2S. The number of hydrogen-bond acceptors (Lipinski definition) is 6. The molecule has 3 rings (SSSR count). The molecule has 0 saturated carbocycles. The van der Waals surface area contributed by atoms with E-state index in [1.807, 2.05) is 29.6 Å². The molecule has 0 aliphatic rings. The molecule has 2 heterocycles. The highest BCUT2D eigenvalue weighted by atomic mass is 32.1. The summed E-state index contributed by atoms with van der Waals surface area (Å²) < 4.78 is 10.9. The van der Waals surface area contributed by atoms with Crippen LogP contribution >= 0.6 is 11.3 Å². The van der Waals surface area contributed by atoms with Crippen molar-refractivity contribution in [2.24, 2.45) is 0 Å². The van der Waals surface area contributed by atoms with E-state index in [2.05, 4.69) is 36.0 Å². The van der Waals surface area contributed by atoms with E-state index < -0.39 is 0 Å². The summed E-state index contributed by atoms with van der Waals surface area (Å²) in [6.07, 6.45) is 1.31. The van der Waals surface area contributed by atoms with Crippen LogP contribution in [0.4, 0.5) is 0 Å². The SMILES string of the molecule is CC(C)(C)c1nc(COc2ccc(-c3nnco3)cc2)cs1. The van der Waals surface area contributed by atoms with Crippen molar-refractivity contribution in [3.05, 3.63) is 46.7 Å². The fourth-order valence-electron chi connectivity index (χ4n) is 1.87. The largest absolute Gasteiger partial charge is 0.487 e. The van der Waals surface area contributed by atoms with E-state index >= 15 is 0 Å². The topological polar surface area (TPSA) is 61.0 Å². The third kappa shape index (κ3) is 3.33. The third-order valence-electron chi connectivity index (χ3n) is 3.04. The van der Waals surface area contributed by atoms with Crippen LogP contribution in [0, 0.1) is 0 Å². The van der Waals surface area contributed by atoms with Crippen LogP contribution in [0.1, 0.15) is 31.5 Å². The molecule has 6 heteroatoms. The molecule has 0 amide bonds. The standard InChI is InChI=1S/C16H17N3O2S/c1-16(2,3)15-18-12(9-22-15)8-20-13-6-4-11(5-7-13)14-19-17-10-21-14/h4-7,9-10H,8H2,1-3H3. The zero-order valence-electron chi connectivity index (χ0n) is 12.7. The van der Waals surface area contributed by atoms with Gasteiger partial charge in [-0.15, -0.1) is 21.5 Å². The Morgan fingerprint density at radius 2 is 1.95 bits per heavy atom. The van der Waals surface area contributed by atoms with E-state index in [0.717, 1.165) is 22.0 Å². The summed E-state index contributed by atoms with van der Waals surface area (Å²) >= 11 is 1.67. The molecule has 0 fully saturated rings. The van der Waals surface area contributed by atoms with E-state index in [9.17, 15) is 0 Å². The highest BCUT2D eigenvalue weighted by Crippen LogP contribution is 2.26. The van der Waals surface area contributed by atoms with Crippen molar-refractivity contribution in [2.75, 3.05) is 0 Å². The number of hydrogen-bond donors (Lipinski definition) is 0. The molecule has 0 aliphatic heterocycles. The normalized spacial score (nSPS) is 11.6. The van der Waals surface area contributed by atoms with Crippen molar-refractivity contribution in [1.29, 1.82) is 0 Å². The first-order chi connectivity index (χ1) is 10.5. The number of aromatic nitrogens is 3. The van der Waals surface area contributed by atoms with Crippen LogP contribution in [0.5, 0.6) is 5.75 Å². The van der Waals surface area contributed by atoms with Crippen LogP contribution in [0.25, 0.3) is 11.5 Å². The molecule has 0 radical (unpaired) electrons. The second-order valence-corrected chi connectivity index (χ2v) is 6.81. The Bertz CT molecular complexity index is 728. The van der Waals surface area contributed by atoms with Gasteiger partial charge in [-0.25, -0.2) is 4.98 Å². The molecule has 1 aromatic carbocycles. The second kappa shape index (κ2) is 5.88. The average Bonchev–Trinajstić information content (AvgIpc) is 3.16. The Balaban J connectivity index is 1.63. The molecule has 0 atom stereocenters. The molecule has 0 saturated heterocycles. The average molecular weight is 315 g/mol. The Morgan fingerprint density at radius 1 is 1.18 bits per heavy atom. The Labute approximate surface area is 133 Å². The molecule has 2 aromatic heterocycles. The van der Waals surface area contributed by atoms with Gasteiger partial charge in [0.2, 0.25) is 12.3 Å². The Hall–Kier alpha value is -2.21. The van der Waals surface area contributed by atoms with Gasteiger partial charge in [0.25, 0.3) is 0 Å². The van der Waals surface area contributed by atoms with Crippen molar-refractivity contribution in [2.45, 2.75) is 32.8 Å². The van der Waals surface area contributed by atoms with Gasteiger partial charge in [-0.05, 0) is 24.3 Å². The monoisotopic (exact) mass is 315 g/mol. The lowest BCUT2D eigenvalue weighted by molar-refractivity contribution is 0.301. The number of ether oxygens (including phenoxy) is 1. The van der Waals surface area contributed by atoms with Gasteiger partial charge in [-0.1, -0.05) is 20.8 Å². The number of nitrogens with zero attached hydrogens (tertiary/aromatic N) is 3. The molecule has 5 nitrogen and oxygen atoms in total. The summed E-state index contributed by atoms with van der Waals surface area (Å²) in [5, 5.41) is 10.7. The molecule has 22 heavy (non-hydrogen) atoms. The van der Waals surface area contributed by atoms with Gasteiger partial charge in [0.05, 0.1) is 10.7 Å². The number of thiazole rings is 1. The van der Waals surface area contributed by atoms with Crippen LogP contribution in [0.2, 0.25) is 0 Å². The van der Waals surface area contributed by atoms with Crippen molar-refractivity contribution in [3.63, 3.8) is 0 Å². The van der Waals surface area contributed by atoms with Crippen LogP contribution < -0.4 is 4.74 Å². The highest BCUT2D eigenvalue weighted by Gasteiger charge is 2.18. The lowest BCUT2D eigenvalue weighted by Gasteiger charge is -2.13. The molecule has 0 bridgehead atoms. The second-order valence-electron chi connectivity index (χ2n) is 5.95. The van der Waals surface area contributed by atoms with Gasteiger partial charge < -0.3 is 9.15 Å². The van der Waals surface area contributed by atoms with Crippen LogP contribution in [-0.4, -0.2) is 15.2 Å². The quantitative estimate of drug-likeness (QED) is 0.726. The minimum atomic E-state index is 0.0780. The third-order valence-corrected chi connectivity index (χ3v) is 4.36. The van der Waals surface area contributed by atoms with Gasteiger partial charge in [-0.2, -0.15) is 0 Å². The van der Waals surface area contributed by atoms with Crippen LogP contribution in [-0.2, 0) is 12.0 Å². The lowest BCUT2D eigenvalue weighted by Crippen LogP contribution is -2.10. The van der Waals surface area contributed by atoms with E-state index in [-0.39, 0.29) is 5.41 Å². The molecular weight excluding hydrogens is 298 g/mol. The predicted molar refractivity (Wildman–Crippen MR) is 84.9 cm³/mol. The number of rotatable bonds is 4. The van der Waals surface area contributed by atoms with E-state index in [1.54, 1.807) is 11.3 Å². The van der Waals surface area contributed by atoms with Gasteiger partial charge in [-0.3, -0.25) is 0 Å². The predicted octanol–water partition coefficient (Wildman–Crippen LogP) is 4.07. The van der Waals surface area contributed by atoms with Gasteiger partial charge in [0.1, 0.15) is 12.4 Å². The first-order valence-electron chi connectivity index (χ1n) is 6.97. The summed E-state index contributed by atoms with van der Waals surface area (Å²) in [7, 11) is 0. The smallest absolute Gasteiger partial charge is 0.247 e. The maximum atomic E-state index is 5.77. The summed E-state index contributed by atoms with van der Waals surface area (Å²) in [4.78, 5) is 4.62. The first-order valence-corrected chi connectivity index (χ1v) is 7.84. The van der Waals surface area contributed by atoms with Crippen molar-refractivity contribution >= 4 is 11.3 Å². The van der Waals surface area contributed by atoms with Crippen LogP contribution in [0.3, 0.4) is 0 Å². The van der Waals surface area contributed by atoms with E-state index in [4.69, 9.17) is 9.15 Å². The van der Waals surface area contributed by atoms with E-state index in [1.165, 1.54) is 6.39 Å². The maximum Gasteiger partial charge on any atom is 0.247 e. The van der Waals surface area contributed by atoms with Crippen molar-refractivity contribution < 1.29 is 9.15 Å². The zero-order valence-corrected chi connectivity index (χ0v) is 13.6. The number of benzene rings is 1. The molecule has 0 spiro atoms. The van der Waals surface area contributed by atoms with Gasteiger partial charge in [0, 0.05) is 16.4 Å². The fourth-order valence-corrected chi connectivity index (χ4v) is 2.76. The maximum absolute atomic E-state index is 5.77. The minimum absolute atomic E-state index is 0.0780. The van der Waals surface area contributed by atoms with Gasteiger partial charge >= 0.3 is 0 Å². The highest BCUT2D eigenvalue weighted by molar-refractivity contribution is 7.09. The first kappa shape index (κ1) is 14.7. The lowest BCUT2D eigenvalue weighted by atomic mass is 9.98. The fraction of sp³-hybridized carbons (Fsp3) is 0.312. The molecule has 0 aliphatic carbocycles. The Kier molecular flexibility index (Phi) is 3.94. The van der Waals surface area contributed by atoms with Gasteiger partial charge in [0.15, 0.2) is 0 Å². The summed E-state index contributed by atoms with van der Waals surface area (Å²) in [6.45, 7) is 6.94. The van der Waals surface area contributed by atoms with E-state index in [0.29, 0.717) is 12.5 Å².